The van der Waals surface area contributed by atoms with Gasteiger partial charge in [0.1, 0.15) is 0 Å². The molecule has 0 atom stereocenters. The largest absolute Gasteiger partial charge is 0.399 e. The molecular weight excluding hydrogens is 266 g/mol. The Labute approximate surface area is 113 Å². The van der Waals surface area contributed by atoms with Gasteiger partial charge in [0.05, 0.1) is 10.6 Å². The van der Waals surface area contributed by atoms with Crippen molar-refractivity contribution in [1.82, 2.24) is 19.7 Å². The molecule has 0 saturated heterocycles. The molecule has 2 aromatic heterocycles. The van der Waals surface area contributed by atoms with Crippen molar-refractivity contribution < 1.29 is 4.52 Å². The smallest absolute Gasteiger partial charge is 0.259 e. The molecule has 3 aromatic rings. The number of hydrogen-bond donors (Lipinski definition) is 1. The van der Waals surface area contributed by atoms with Crippen molar-refractivity contribution in [1.29, 1.82) is 0 Å². The summed E-state index contributed by atoms with van der Waals surface area (Å²) < 4.78 is 7.01. The highest BCUT2D eigenvalue weighted by molar-refractivity contribution is 6.33. The number of aromatic nitrogens is 4. The molecule has 0 saturated carbocycles. The summed E-state index contributed by atoms with van der Waals surface area (Å²) in [5.74, 6) is 1.34. The molecule has 0 spiro atoms. The van der Waals surface area contributed by atoms with Crippen LogP contribution < -0.4 is 5.73 Å². The van der Waals surface area contributed by atoms with Crippen molar-refractivity contribution in [2.45, 2.75) is 0 Å². The van der Waals surface area contributed by atoms with Gasteiger partial charge in [-0.15, -0.1) is 0 Å². The van der Waals surface area contributed by atoms with Crippen LogP contribution in [0.15, 0.2) is 35.1 Å². The fourth-order valence-electron chi connectivity index (χ4n) is 1.71. The number of nitrogens with zero attached hydrogens (tertiary/aromatic N) is 4. The van der Waals surface area contributed by atoms with Crippen molar-refractivity contribution in [2.75, 3.05) is 5.73 Å². The molecule has 0 aliphatic carbocycles. The number of hydrogen-bond acceptors (Lipinski definition) is 5. The lowest BCUT2D eigenvalue weighted by molar-refractivity contribution is 0.431. The third kappa shape index (κ3) is 2.06. The number of rotatable bonds is 2. The second-order valence-corrected chi connectivity index (χ2v) is 4.43. The summed E-state index contributed by atoms with van der Waals surface area (Å²) in [6.45, 7) is 0. The zero-order chi connectivity index (χ0) is 13.4. The molecule has 96 valence electrons. The van der Waals surface area contributed by atoms with E-state index in [-0.39, 0.29) is 0 Å². The van der Waals surface area contributed by atoms with E-state index in [1.165, 1.54) is 0 Å². The highest BCUT2D eigenvalue weighted by Crippen LogP contribution is 2.29. The predicted molar refractivity (Wildman–Crippen MR) is 71.4 cm³/mol. The number of nitrogens with two attached hydrogens (primary N) is 1. The summed E-state index contributed by atoms with van der Waals surface area (Å²) in [5.41, 5.74) is 6.91. The van der Waals surface area contributed by atoms with Crippen LogP contribution in [-0.4, -0.2) is 19.7 Å². The molecule has 0 radical (unpaired) electrons. The van der Waals surface area contributed by atoms with Crippen LogP contribution in [-0.2, 0) is 7.05 Å². The standard InChI is InChI=1S/C12H10ClN5O/c1-18-5-4-15-11(18)10-16-12(19-17-10)8-6-7(14)2-3-9(8)13/h2-6H,14H2,1H3. The van der Waals surface area contributed by atoms with E-state index in [0.717, 1.165) is 0 Å². The van der Waals surface area contributed by atoms with Crippen LogP contribution in [0, 0.1) is 0 Å². The SMILES string of the molecule is Cn1ccnc1-c1noc(-c2cc(N)ccc2Cl)n1. The van der Waals surface area contributed by atoms with Crippen molar-refractivity contribution in [3.63, 3.8) is 0 Å². The second kappa shape index (κ2) is 4.40. The average Bonchev–Trinajstić information content (AvgIpc) is 3.00. The Balaban J connectivity index is 2.06. The van der Waals surface area contributed by atoms with Crippen LogP contribution in [0.3, 0.4) is 0 Å². The Morgan fingerprint density at radius 2 is 2.21 bits per heavy atom. The number of nitrogen functional groups attached to an aromatic ring is 1. The highest BCUT2D eigenvalue weighted by atomic mass is 35.5. The van der Waals surface area contributed by atoms with Gasteiger partial charge in [-0.05, 0) is 18.2 Å². The first-order valence-corrected chi connectivity index (χ1v) is 5.90. The first-order valence-electron chi connectivity index (χ1n) is 5.52. The van der Waals surface area contributed by atoms with Gasteiger partial charge in [-0.3, -0.25) is 0 Å². The van der Waals surface area contributed by atoms with Crippen molar-refractivity contribution in [3.8, 4) is 23.1 Å². The minimum absolute atomic E-state index is 0.315. The molecule has 3 rings (SSSR count). The first-order chi connectivity index (χ1) is 9.15. The van der Waals surface area contributed by atoms with Gasteiger partial charge in [0.2, 0.25) is 5.82 Å². The van der Waals surface area contributed by atoms with E-state index in [1.807, 2.05) is 7.05 Å². The molecule has 0 fully saturated rings. The molecular formula is C12H10ClN5O. The number of aryl methyl sites for hydroxylation is 1. The van der Waals surface area contributed by atoms with Gasteiger partial charge in [0.15, 0.2) is 5.82 Å². The zero-order valence-electron chi connectivity index (χ0n) is 10.0. The van der Waals surface area contributed by atoms with E-state index in [0.29, 0.717) is 33.8 Å². The molecule has 2 N–H and O–H groups in total. The third-order valence-electron chi connectivity index (χ3n) is 2.67. The van der Waals surface area contributed by atoms with E-state index in [1.54, 1.807) is 35.2 Å². The Morgan fingerprint density at radius 3 is 2.95 bits per heavy atom. The monoisotopic (exact) mass is 275 g/mol. The lowest BCUT2D eigenvalue weighted by Crippen LogP contribution is -1.93. The third-order valence-corrected chi connectivity index (χ3v) is 3.00. The molecule has 6 nitrogen and oxygen atoms in total. The summed E-state index contributed by atoms with van der Waals surface area (Å²) >= 11 is 6.09. The van der Waals surface area contributed by atoms with E-state index >= 15 is 0 Å². The molecule has 1 aromatic carbocycles. The van der Waals surface area contributed by atoms with Crippen LogP contribution in [0.5, 0.6) is 0 Å². The Kier molecular flexibility index (Phi) is 2.72. The summed E-state index contributed by atoms with van der Waals surface area (Å²) in [6, 6.07) is 5.09. The number of halogens is 1. The Morgan fingerprint density at radius 1 is 1.37 bits per heavy atom. The summed E-state index contributed by atoms with van der Waals surface area (Å²) in [6.07, 6.45) is 3.47. The van der Waals surface area contributed by atoms with Gasteiger partial charge >= 0.3 is 0 Å². The number of benzene rings is 1. The summed E-state index contributed by atoms with van der Waals surface area (Å²) in [7, 11) is 1.85. The van der Waals surface area contributed by atoms with Crippen LogP contribution in [0.1, 0.15) is 0 Å². The summed E-state index contributed by atoms with van der Waals surface area (Å²) in [5, 5.41) is 4.40. The minimum atomic E-state index is 0.315. The second-order valence-electron chi connectivity index (χ2n) is 4.02. The molecule has 2 heterocycles. The molecule has 0 aliphatic rings. The van der Waals surface area contributed by atoms with Crippen molar-refractivity contribution in [3.05, 3.63) is 35.6 Å². The fourth-order valence-corrected chi connectivity index (χ4v) is 1.91. The highest BCUT2D eigenvalue weighted by Gasteiger charge is 2.16. The van der Waals surface area contributed by atoms with E-state index in [2.05, 4.69) is 15.1 Å². The molecule has 0 unspecified atom stereocenters. The van der Waals surface area contributed by atoms with Crippen LogP contribution >= 0.6 is 11.6 Å². The normalized spacial score (nSPS) is 10.8. The number of imidazole rings is 1. The van der Waals surface area contributed by atoms with E-state index in [4.69, 9.17) is 21.9 Å². The lowest BCUT2D eigenvalue weighted by atomic mass is 10.2. The van der Waals surface area contributed by atoms with Gasteiger partial charge in [-0.2, -0.15) is 4.98 Å². The molecule has 19 heavy (non-hydrogen) atoms. The van der Waals surface area contributed by atoms with E-state index < -0.39 is 0 Å². The van der Waals surface area contributed by atoms with Crippen LogP contribution in [0.2, 0.25) is 5.02 Å². The summed E-state index contributed by atoms with van der Waals surface area (Å²) in [4.78, 5) is 8.44. The van der Waals surface area contributed by atoms with Gasteiger partial charge in [0.25, 0.3) is 5.89 Å². The van der Waals surface area contributed by atoms with Crippen molar-refractivity contribution >= 4 is 17.3 Å². The average molecular weight is 276 g/mol. The quantitative estimate of drug-likeness (QED) is 0.726. The van der Waals surface area contributed by atoms with Gasteiger partial charge in [0, 0.05) is 25.1 Å². The topological polar surface area (TPSA) is 82.8 Å². The minimum Gasteiger partial charge on any atom is -0.399 e. The Bertz CT molecular complexity index is 733. The van der Waals surface area contributed by atoms with Gasteiger partial charge in [-0.1, -0.05) is 16.8 Å². The molecule has 0 aliphatic heterocycles. The maximum absolute atomic E-state index is 6.09. The maximum atomic E-state index is 6.09. The van der Waals surface area contributed by atoms with Gasteiger partial charge < -0.3 is 14.8 Å². The van der Waals surface area contributed by atoms with Crippen LogP contribution in [0.4, 0.5) is 5.69 Å². The zero-order valence-corrected chi connectivity index (χ0v) is 10.8. The van der Waals surface area contributed by atoms with Gasteiger partial charge in [-0.25, -0.2) is 4.98 Å². The van der Waals surface area contributed by atoms with Crippen LogP contribution in [0.25, 0.3) is 23.1 Å². The number of anilines is 1. The lowest BCUT2D eigenvalue weighted by Gasteiger charge is -1.99. The molecule has 7 heteroatoms. The van der Waals surface area contributed by atoms with E-state index in [9.17, 15) is 0 Å². The fraction of sp³-hybridized carbons (Fsp3) is 0.0833. The van der Waals surface area contributed by atoms with Crippen molar-refractivity contribution in [2.24, 2.45) is 7.05 Å². The molecule has 0 amide bonds. The predicted octanol–water partition coefficient (Wildman–Crippen LogP) is 2.37. The first kappa shape index (κ1) is 11.7. The molecule has 0 bridgehead atoms. The maximum Gasteiger partial charge on any atom is 0.259 e. The Hall–Kier alpha value is -2.34.